The Labute approximate surface area is 148 Å². The Morgan fingerprint density at radius 2 is 2.04 bits per heavy atom. The second-order valence-corrected chi connectivity index (χ2v) is 6.16. The van der Waals surface area contributed by atoms with E-state index < -0.39 is 17.9 Å². The van der Waals surface area contributed by atoms with Gasteiger partial charge in [-0.25, -0.2) is 9.78 Å². The molecule has 2 N–H and O–H groups in total. The minimum absolute atomic E-state index is 0.00868. The van der Waals surface area contributed by atoms with E-state index in [9.17, 15) is 14.7 Å². The van der Waals surface area contributed by atoms with Gasteiger partial charge in [0.05, 0.1) is 10.0 Å². The molecule has 0 aliphatic carbocycles. The molecule has 0 fully saturated rings. The van der Waals surface area contributed by atoms with Crippen LogP contribution in [-0.2, 0) is 4.79 Å². The lowest BCUT2D eigenvalue weighted by Crippen LogP contribution is -2.45. The van der Waals surface area contributed by atoms with Crippen LogP contribution in [0.1, 0.15) is 30.8 Å². The number of rotatable bonds is 6. The molecule has 6 nitrogen and oxygen atoms in total. The number of carboxylic acid groups (broad SMARTS) is 1. The van der Waals surface area contributed by atoms with Crippen LogP contribution >= 0.6 is 23.2 Å². The molecule has 1 aromatic heterocycles. The van der Waals surface area contributed by atoms with E-state index in [1.807, 2.05) is 6.92 Å². The topological polar surface area (TPSA) is 92.4 Å². The van der Waals surface area contributed by atoms with Gasteiger partial charge in [-0.05, 0) is 24.1 Å². The third-order valence-corrected chi connectivity index (χ3v) is 4.41. The number of carboxylic acids is 1. The summed E-state index contributed by atoms with van der Waals surface area (Å²) in [5.41, 5.74) is 0.547. The molecule has 0 aliphatic heterocycles. The summed E-state index contributed by atoms with van der Waals surface area (Å²) in [7, 11) is 0. The van der Waals surface area contributed by atoms with E-state index in [4.69, 9.17) is 27.6 Å². The van der Waals surface area contributed by atoms with E-state index in [1.54, 1.807) is 25.1 Å². The van der Waals surface area contributed by atoms with Gasteiger partial charge < -0.3 is 14.8 Å². The maximum atomic E-state index is 12.2. The molecule has 8 heteroatoms. The Morgan fingerprint density at radius 3 is 2.62 bits per heavy atom. The highest BCUT2D eigenvalue weighted by atomic mass is 35.5. The van der Waals surface area contributed by atoms with Crippen LogP contribution in [0.15, 0.2) is 28.9 Å². The number of halogens is 2. The van der Waals surface area contributed by atoms with Crippen molar-refractivity contribution in [3.05, 3.63) is 40.2 Å². The summed E-state index contributed by atoms with van der Waals surface area (Å²) in [6.07, 6.45) is 1.79. The van der Waals surface area contributed by atoms with Crippen LogP contribution in [0.25, 0.3) is 11.5 Å². The normalized spacial score (nSPS) is 13.3. The number of oxazole rings is 1. The molecule has 0 radical (unpaired) electrons. The zero-order valence-electron chi connectivity index (χ0n) is 13.0. The van der Waals surface area contributed by atoms with E-state index in [0.29, 0.717) is 22.0 Å². The maximum Gasteiger partial charge on any atom is 0.326 e. The molecule has 0 saturated heterocycles. The quantitative estimate of drug-likeness (QED) is 0.804. The van der Waals surface area contributed by atoms with E-state index in [1.165, 1.54) is 6.26 Å². The van der Waals surface area contributed by atoms with Crippen LogP contribution in [0.3, 0.4) is 0 Å². The van der Waals surface area contributed by atoms with Crippen LogP contribution in [0.4, 0.5) is 0 Å². The molecule has 1 heterocycles. The van der Waals surface area contributed by atoms with Gasteiger partial charge in [-0.1, -0.05) is 43.5 Å². The zero-order chi connectivity index (χ0) is 17.9. The summed E-state index contributed by atoms with van der Waals surface area (Å²) >= 11 is 11.8. The molecule has 24 heavy (non-hydrogen) atoms. The van der Waals surface area contributed by atoms with Crippen LogP contribution in [0.2, 0.25) is 10.0 Å². The minimum atomic E-state index is -1.09. The summed E-state index contributed by atoms with van der Waals surface area (Å²) in [5, 5.41) is 12.4. The van der Waals surface area contributed by atoms with Gasteiger partial charge in [0.25, 0.3) is 5.91 Å². The number of hydrogen-bond donors (Lipinski definition) is 2. The van der Waals surface area contributed by atoms with Gasteiger partial charge in [0.2, 0.25) is 5.89 Å². The Bertz CT molecular complexity index is 760. The zero-order valence-corrected chi connectivity index (χ0v) is 14.6. The molecule has 2 rings (SSSR count). The fourth-order valence-electron chi connectivity index (χ4n) is 2.04. The summed E-state index contributed by atoms with van der Waals surface area (Å²) in [6.45, 7) is 3.61. The van der Waals surface area contributed by atoms with Crippen molar-refractivity contribution in [2.24, 2.45) is 5.92 Å². The molecule has 0 saturated carbocycles. The molecule has 2 aromatic rings. The second-order valence-electron chi connectivity index (χ2n) is 5.34. The summed E-state index contributed by atoms with van der Waals surface area (Å²) in [5.74, 6) is -1.73. The van der Waals surface area contributed by atoms with Crippen molar-refractivity contribution in [1.29, 1.82) is 0 Å². The highest BCUT2D eigenvalue weighted by Gasteiger charge is 2.27. The molecule has 1 amide bonds. The van der Waals surface area contributed by atoms with Crippen molar-refractivity contribution in [2.75, 3.05) is 0 Å². The molecule has 0 bridgehead atoms. The molecule has 1 aromatic carbocycles. The van der Waals surface area contributed by atoms with Crippen molar-refractivity contribution in [1.82, 2.24) is 10.3 Å². The van der Waals surface area contributed by atoms with Crippen molar-refractivity contribution in [3.63, 3.8) is 0 Å². The number of carbonyl (C=O) groups is 2. The van der Waals surface area contributed by atoms with Crippen molar-refractivity contribution in [3.8, 4) is 11.5 Å². The summed E-state index contributed by atoms with van der Waals surface area (Å²) < 4.78 is 5.27. The molecule has 0 spiro atoms. The van der Waals surface area contributed by atoms with Gasteiger partial charge in [0.1, 0.15) is 12.3 Å². The SMILES string of the molecule is CCC(C)C(NC(=O)c1coc(-c2ccc(Cl)c(Cl)c2)n1)C(=O)O. The highest BCUT2D eigenvalue weighted by Crippen LogP contribution is 2.28. The van der Waals surface area contributed by atoms with Crippen molar-refractivity contribution >= 4 is 35.1 Å². The van der Waals surface area contributed by atoms with Gasteiger partial charge in [-0.15, -0.1) is 0 Å². The third-order valence-electron chi connectivity index (χ3n) is 3.67. The number of aromatic nitrogens is 1. The Balaban J connectivity index is 2.18. The Kier molecular flexibility index (Phi) is 5.85. The first kappa shape index (κ1) is 18.3. The summed E-state index contributed by atoms with van der Waals surface area (Å²) in [4.78, 5) is 27.6. The fourth-order valence-corrected chi connectivity index (χ4v) is 2.34. The maximum absolute atomic E-state index is 12.2. The standard InChI is InChI=1S/C16H16Cl2N2O4/c1-3-8(2)13(16(22)23)20-14(21)12-7-24-15(19-12)9-4-5-10(17)11(18)6-9/h4-8,13H,3H2,1-2H3,(H,20,21)(H,22,23). The van der Waals surface area contributed by atoms with E-state index in [2.05, 4.69) is 10.3 Å². The molecular formula is C16H16Cl2N2O4. The lowest BCUT2D eigenvalue weighted by molar-refractivity contribution is -0.140. The lowest BCUT2D eigenvalue weighted by atomic mass is 9.99. The number of carbonyl (C=O) groups excluding carboxylic acids is 1. The lowest BCUT2D eigenvalue weighted by Gasteiger charge is -2.19. The number of aliphatic carboxylic acids is 1. The van der Waals surface area contributed by atoms with Gasteiger partial charge >= 0.3 is 5.97 Å². The van der Waals surface area contributed by atoms with Crippen LogP contribution in [-0.4, -0.2) is 28.0 Å². The Morgan fingerprint density at radius 1 is 1.33 bits per heavy atom. The monoisotopic (exact) mass is 370 g/mol. The molecule has 2 atom stereocenters. The van der Waals surface area contributed by atoms with E-state index >= 15 is 0 Å². The van der Waals surface area contributed by atoms with Gasteiger partial charge in [0, 0.05) is 5.56 Å². The number of nitrogens with one attached hydrogen (secondary N) is 1. The first-order chi connectivity index (χ1) is 11.3. The van der Waals surface area contributed by atoms with E-state index in [-0.39, 0.29) is 17.5 Å². The molecular weight excluding hydrogens is 355 g/mol. The smallest absolute Gasteiger partial charge is 0.326 e. The van der Waals surface area contributed by atoms with Crippen LogP contribution < -0.4 is 5.32 Å². The number of benzene rings is 1. The summed E-state index contributed by atoms with van der Waals surface area (Å²) in [6, 6.07) is 3.82. The first-order valence-corrected chi connectivity index (χ1v) is 8.03. The molecule has 0 aliphatic rings. The second kappa shape index (κ2) is 7.68. The first-order valence-electron chi connectivity index (χ1n) is 7.28. The fraction of sp³-hybridized carbons (Fsp3) is 0.312. The van der Waals surface area contributed by atoms with Crippen LogP contribution in [0, 0.1) is 5.92 Å². The number of hydrogen-bond acceptors (Lipinski definition) is 4. The average molecular weight is 371 g/mol. The van der Waals surface area contributed by atoms with Crippen LogP contribution in [0.5, 0.6) is 0 Å². The number of amides is 1. The highest BCUT2D eigenvalue weighted by molar-refractivity contribution is 6.42. The number of nitrogens with zero attached hydrogens (tertiary/aromatic N) is 1. The van der Waals surface area contributed by atoms with Gasteiger partial charge in [-0.2, -0.15) is 0 Å². The predicted molar refractivity (Wildman–Crippen MR) is 90.3 cm³/mol. The van der Waals surface area contributed by atoms with Crippen molar-refractivity contribution in [2.45, 2.75) is 26.3 Å². The van der Waals surface area contributed by atoms with Crippen molar-refractivity contribution < 1.29 is 19.1 Å². The third kappa shape index (κ3) is 4.07. The van der Waals surface area contributed by atoms with Gasteiger partial charge in [0.15, 0.2) is 5.69 Å². The van der Waals surface area contributed by atoms with Gasteiger partial charge in [-0.3, -0.25) is 4.79 Å². The minimum Gasteiger partial charge on any atom is -0.480 e. The molecule has 2 unspecified atom stereocenters. The Hall–Kier alpha value is -2.05. The average Bonchev–Trinajstić information content (AvgIpc) is 3.04. The van der Waals surface area contributed by atoms with E-state index in [0.717, 1.165) is 0 Å². The largest absolute Gasteiger partial charge is 0.480 e. The predicted octanol–water partition coefficient (Wildman–Crippen LogP) is 3.88. The molecule has 128 valence electrons.